The summed E-state index contributed by atoms with van der Waals surface area (Å²) in [4.78, 5) is 14.2. The molecule has 4 rings (SSSR count). The van der Waals surface area contributed by atoms with Crippen LogP contribution in [0.5, 0.6) is 0 Å². The molecule has 1 fully saturated rings. The summed E-state index contributed by atoms with van der Waals surface area (Å²) < 4.78 is 0. The number of hydrogen-bond acceptors (Lipinski definition) is 2. The maximum Gasteiger partial charge on any atom is 0.255 e. The third kappa shape index (κ3) is 1.45. The molecule has 2 aliphatic heterocycles. The molecule has 2 aromatic carbocycles. The number of carbonyl (C=O) groups is 1. The number of benzene rings is 2. The van der Waals surface area contributed by atoms with E-state index in [4.69, 9.17) is 11.6 Å². The lowest BCUT2D eigenvalue weighted by Crippen LogP contribution is -2.37. The van der Waals surface area contributed by atoms with Crippen molar-refractivity contribution in [3.05, 3.63) is 70.2 Å². The normalized spacial score (nSPS) is 23.9. The van der Waals surface area contributed by atoms with E-state index in [0.717, 1.165) is 29.0 Å². The second-order valence-electron chi connectivity index (χ2n) is 5.01. The number of nitrogens with zero attached hydrogens (tertiary/aromatic N) is 1. The molecule has 100 valence electrons. The Hall–Kier alpha value is -1.45. The molecule has 1 amide bonds. The van der Waals surface area contributed by atoms with Crippen molar-refractivity contribution in [1.29, 1.82) is 0 Å². The van der Waals surface area contributed by atoms with Crippen LogP contribution in [0.4, 0.5) is 0 Å². The number of hydrogen-bond donors (Lipinski definition) is 0. The van der Waals surface area contributed by atoms with Gasteiger partial charge in [0.1, 0.15) is 4.87 Å². The first kappa shape index (κ1) is 12.3. The summed E-state index contributed by atoms with van der Waals surface area (Å²) >= 11 is 7.99. The Morgan fingerprint density at radius 3 is 2.75 bits per heavy atom. The number of rotatable bonds is 1. The number of fused-ring (bicyclic) bond motifs is 3. The summed E-state index contributed by atoms with van der Waals surface area (Å²) in [5.74, 6) is 1.07. The SMILES string of the molecule is O=C1c2ccc(Cl)cc2[C@@]2(c3ccccc3)SCCN12. The van der Waals surface area contributed by atoms with E-state index in [-0.39, 0.29) is 5.91 Å². The van der Waals surface area contributed by atoms with Crippen molar-refractivity contribution in [1.82, 2.24) is 4.90 Å². The molecular weight excluding hydrogens is 290 g/mol. The fourth-order valence-electron chi connectivity index (χ4n) is 3.18. The maximum absolute atomic E-state index is 12.6. The van der Waals surface area contributed by atoms with Gasteiger partial charge in [-0.15, -0.1) is 11.8 Å². The molecule has 0 radical (unpaired) electrons. The predicted octanol–water partition coefficient (Wildman–Crippen LogP) is 3.74. The molecule has 1 saturated heterocycles. The van der Waals surface area contributed by atoms with Crippen molar-refractivity contribution in [2.45, 2.75) is 4.87 Å². The van der Waals surface area contributed by atoms with Gasteiger partial charge in [0, 0.05) is 28.4 Å². The zero-order valence-electron chi connectivity index (χ0n) is 10.7. The van der Waals surface area contributed by atoms with E-state index in [1.54, 1.807) is 6.07 Å². The molecule has 2 aromatic rings. The predicted molar refractivity (Wildman–Crippen MR) is 82.2 cm³/mol. The Balaban J connectivity index is 2.03. The first-order valence-corrected chi connectivity index (χ1v) is 7.91. The van der Waals surface area contributed by atoms with Gasteiger partial charge >= 0.3 is 0 Å². The van der Waals surface area contributed by atoms with Crippen LogP contribution in [0.1, 0.15) is 21.5 Å². The van der Waals surface area contributed by atoms with Crippen molar-refractivity contribution in [2.24, 2.45) is 0 Å². The van der Waals surface area contributed by atoms with Gasteiger partial charge < -0.3 is 4.90 Å². The van der Waals surface area contributed by atoms with E-state index in [2.05, 4.69) is 12.1 Å². The molecule has 2 nitrogen and oxygen atoms in total. The minimum atomic E-state index is -0.390. The molecule has 0 bridgehead atoms. The van der Waals surface area contributed by atoms with Crippen LogP contribution in [-0.4, -0.2) is 23.1 Å². The lowest BCUT2D eigenvalue weighted by Gasteiger charge is -2.32. The number of thioether (sulfide) groups is 1. The summed E-state index contributed by atoms with van der Waals surface area (Å²) in [5, 5.41) is 0.682. The Labute approximate surface area is 126 Å². The van der Waals surface area contributed by atoms with Crippen LogP contribution in [-0.2, 0) is 4.87 Å². The largest absolute Gasteiger partial charge is 0.315 e. The Bertz CT molecular complexity index is 703. The van der Waals surface area contributed by atoms with Crippen LogP contribution in [0.2, 0.25) is 5.02 Å². The van der Waals surface area contributed by atoms with E-state index in [1.165, 1.54) is 0 Å². The van der Waals surface area contributed by atoms with Crippen molar-refractivity contribution in [2.75, 3.05) is 12.3 Å². The van der Waals surface area contributed by atoms with Gasteiger partial charge in [-0.2, -0.15) is 0 Å². The van der Waals surface area contributed by atoms with Crippen LogP contribution in [0, 0.1) is 0 Å². The van der Waals surface area contributed by atoms with Crippen LogP contribution in [0.25, 0.3) is 0 Å². The van der Waals surface area contributed by atoms with E-state index in [0.29, 0.717) is 5.02 Å². The van der Waals surface area contributed by atoms with Gasteiger partial charge in [-0.1, -0.05) is 41.9 Å². The molecule has 0 N–H and O–H groups in total. The molecule has 0 spiro atoms. The second kappa shape index (κ2) is 4.27. The van der Waals surface area contributed by atoms with Crippen LogP contribution in [0.3, 0.4) is 0 Å². The minimum absolute atomic E-state index is 0.116. The average molecular weight is 302 g/mol. The number of carbonyl (C=O) groups excluding carboxylic acids is 1. The van der Waals surface area contributed by atoms with Gasteiger partial charge in [-0.05, 0) is 23.8 Å². The molecule has 0 aromatic heterocycles. The Morgan fingerprint density at radius 1 is 1.15 bits per heavy atom. The van der Waals surface area contributed by atoms with Crippen molar-refractivity contribution < 1.29 is 4.79 Å². The van der Waals surface area contributed by atoms with Gasteiger partial charge in [0.25, 0.3) is 5.91 Å². The van der Waals surface area contributed by atoms with Gasteiger partial charge in [0.15, 0.2) is 0 Å². The monoisotopic (exact) mass is 301 g/mol. The zero-order chi connectivity index (χ0) is 13.7. The summed E-state index contributed by atoms with van der Waals surface area (Å²) in [6.07, 6.45) is 0. The van der Waals surface area contributed by atoms with Crippen LogP contribution < -0.4 is 0 Å². The average Bonchev–Trinajstić information content (AvgIpc) is 3.01. The van der Waals surface area contributed by atoms with E-state index in [1.807, 2.05) is 47.0 Å². The van der Waals surface area contributed by atoms with Crippen LogP contribution >= 0.6 is 23.4 Å². The molecule has 2 aliphatic rings. The van der Waals surface area contributed by atoms with Gasteiger partial charge in [-0.3, -0.25) is 4.79 Å². The Morgan fingerprint density at radius 2 is 1.95 bits per heavy atom. The van der Waals surface area contributed by atoms with Crippen molar-refractivity contribution in [3.63, 3.8) is 0 Å². The lowest BCUT2D eigenvalue weighted by molar-refractivity contribution is 0.0752. The van der Waals surface area contributed by atoms with E-state index < -0.39 is 4.87 Å². The molecule has 0 saturated carbocycles. The zero-order valence-corrected chi connectivity index (χ0v) is 12.2. The van der Waals surface area contributed by atoms with Crippen LogP contribution in [0.15, 0.2) is 48.5 Å². The molecule has 0 unspecified atom stereocenters. The highest BCUT2D eigenvalue weighted by Crippen LogP contribution is 2.55. The fourth-order valence-corrected chi connectivity index (χ4v) is 4.87. The smallest absolute Gasteiger partial charge is 0.255 e. The highest BCUT2D eigenvalue weighted by atomic mass is 35.5. The van der Waals surface area contributed by atoms with Crippen molar-refractivity contribution in [3.8, 4) is 0 Å². The maximum atomic E-state index is 12.6. The standard InChI is InChI=1S/C16H12ClNOS/c17-12-6-7-13-14(10-12)16(11-4-2-1-3-5-11)18(15(13)19)8-9-20-16/h1-7,10H,8-9H2/t16-/m1/s1. The van der Waals surface area contributed by atoms with E-state index >= 15 is 0 Å². The first-order chi connectivity index (χ1) is 9.73. The summed E-state index contributed by atoms with van der Waals surface area (Å²) in [6.45, 7) is 0.782. The third-order valence-electron chi connectivity index (χ3n) is 3.99. The third-order valence-corrected chi connectivity index (χ3v) is 5.71. The van der Waals surface area contributed by atoms with Gasteiger partial charge in [-0.25, -0.2) is 0 Å². The fraction of sp³-hybridized carbons (Fsp3) is 0.188. The highest BCUT2D eigenvalue weighted by molar-refractivity contribution is 8.00. The first-order valence-electron chi connectivity index (χ1n) is 6.55. The summed E-state index contributed by atoms with van der Waals surface area (Å²) in [5.41, 5.74) is 2.96. The quantitative estimate of drug-likeness (QED) is 0.799. The minimum Gasteiger partial charge on any atom is -0.315 e. The number of amides is 1. The molecule has 0 aliphatic carbocycles. The molecule has 4 heteroatoms. The van der Waals surface area contributed by atoms with Gasteiger partial charge in [0.05, 0.1) is 0 Å². The molecular formula is C16H12ClNOS. The molecule has 1 atom stereocenters. The Kier molecular flexibility index (Phi) is 2.63. The van der Waals surface area contributed by atoms with Crippen molar-refractivity contribution >= 4 is 29.3 Å². The lowest BCUT2D eigenvalue weighted by atomic mass is 9.97. The molecule has 2 heterocycles. The molecule has 20 heavy (non-hydrogen) atoms. The topological polar surface area (TPSA) is 20.3 Å². The van der Waals surface area contributed by atoms with Gasteiger partial charge in [0.2, 0.25) is 0 Å². The second-order valence-corrected chi connectivity index (χ2v) is 6.73. The highest BCUT2D eigenvalue weighted by Gasteiger charge is 2.54. The van der Waals surface area contributed by atoms with E-state index in [9.17, 15) is 4.79 Å². The summed E-state index contributed by atoms with van der Waals surface area (Å²) in [6, 6.07) is 15.8. The number of halogens is 1. The summed E-state index contributed by atoms with van der Waals surface area (Å²) in [7, 11) is 0.